The molecule has 2 heterocycles. The van der Waals surface area contributed by atoms with Gasteiger partial charge in [-0.25, -0.2) is 0 Å². The molecule has 3 rings (SSSR count). The average Bonchev–Trinajstić information content (AvgIpc) is 3.25. The van der Waals surface area contributed by atoms with Crippen molar-refractivity contribution in [3.63, 3.8) is 0 Å². The minimum atomic E-state index is 0.631. The van der Waals surface area contributed by atoms with E-state index in [0.29, 0.717) is 18.0 Å². The molecule has 1 aromatic rings. The minimum absolute atomic E-state index is 0.631. The maximum Gasteiger partial charge on any atom is 0.0573 e. The summed E-state index contributed by atoms with van der Waals surface area (Å²) in [4.78, 5) is 7.26. The summed E-state index contributed by atoms with van der Waals surface area (Å²) in [5, 5.41) is 3.78. The maximum absolute atomic E-state index is 4.59. The number of nitrogens with one attached hydrogen (secondary N) is 1. The third kappa shape index (κ3) is 3.04. The van der Waals surface area contributed by atoms with Crippen molar-refractivity contribution in [3.8, 4) is 0 Å². The van der Waals surface area contributed by atoms with Crippen molar-refractivity contribution in [2.45, 2.75) is 52.2 Å². The van der Waals surface area contributed by atoms with Crippen LogP contribution in [-0.4, -0.2) is 35.1 Å². The second-order valence-corrected chi connectivity index (χ2v) is 6.86. The molecule has 1 saturated carbocycles. The van der Waals surface area contributed by atoms with Crippen LogP contribution in [0.15, 0.2) is 18.3 Å². The molecular formula is C17H27N3. The Bertz CT molecular complexity index is 453. The lowest BCUT2D eigenvalue weighted by Crippen LogP contribution is -2.58. The molecule has 2 unspecified atom stereocenters. The SMILES string of the molecule is Cc1cccnc1CN1CC(C2CC2)NCC1C(C)C. The van der Waals surface area contributed by atoms with Crippen LogP contribution in [0.5, 0.6) is 0 Å². The number of hydrogen-bond acceptors (Lipinski definition) is 3. The van der Waals surface area contributed by atoms with Crippen LogP contribution in [0.1, 0.15) is 37.9 Å². The Morgan fingerprint density at radius 2 is 2.20 bits per heavy atom. The van der Waals surface area contributed by atoms with Gasteiger partial charge in [0.15, 0.2) is 0 Å². The molecule has 2 aliphatic rings. The first-order valence-electron chi connectivity index (χ1n) is 8.03. The van der Waals surface area contributed by atoms with Gasteiger partial charge in [0.1, 0.15) is 0 Å². The van der Waals surface area contributed by atoms with Crippen LogP contribution >= 0.6 is 0 Å². The minimum Gasteiger partial charge on any atom is -0.311 e. The van der Waals surface area contributed by atoms with Crippen molar-refractivity contribution < 1.29 is 0 Å². The standard InChI is InChI=1S/C17H27N3/c1-12(2)17-9-19-16(14-6-7-14)11-20(17)10-15-13(3)5-4-8-18-15/h4-5,8,12,14,16-17,19H,6-7,9-11H2,1-3H3. The Balaban J connectivity index is 1.73. The van der Waals surface area contributed by atoms with Crippen molar-refractivity contribution in [1.82, 2.24) is 15.2 Å². The molecule has 1 aliphatic heterocycles. The third-order valence-electron chi connectivity index (χ3n) is 4.92. The molecule has 0 spiro atoms. The van der Waals surface area contributed by atoms with E-state index in [1.54, 1.807) is 0 Å². The van der Waals surface area contributed by atoms with Gasteiger partial charge in [0, 0.05) is 37.9 Å². The third-order valence-corrected chi connectivity index (χ3v) is 4.92. The van der Waals surface area contributed by atoms with Crippen molar-refractivity contribution in [1.29, 1.82) is 0 Å². The molecule has 1 N–H and O–H groups in total. The number of aryl methyl sites for hydroxylation is 1. The second kappa shape index (κ2) is 5.82. The average molecular weight is 273 g/mol. The molecule has 1 aromatic heterocycles. The van der Waals surface area contributed by atoms with Crippen LogP contribution in [0.3, 0.4) is 0 Å². The summed E-state index contributed by atoms with van der Waals surface area (Å²) in [7, 11) is 0. The largest absolute Gasteiger partial charge is 0.311 e. The predicted molar refractivity (Wildman–Crippen MR) is 82.5 cm³/mol. The summed E-state index contributed by atoms with van der Waals surface area (Å²) in [6.07, 6.45) is 4.76. The number of aromatic nitrogens is 1. The van der Waals surface area contributed by atoms with Gasteiger partial charge in [-0.1, -0.05) is 19.9 Å². The highest BCUT2D eigenvalue weighted by molar-refractivity contribution is 5.18. The quantitative estimate of drug-likeness (QED) is 0.914. The maximum atomic E-state index is 4.59. The van der Waals surface area contributed by atoms with Gasteiger partial charge in [0.05, 0.1) is 5.69 Å². The van der Waals surface area contributed by atoms with Crippen molar-refractivity contribution in [2.24, 2.45) is 11.8 Å². The predicted octanol–water partition coefficient (Wildman–Crippen LogP) is 2.60. The van der Waals surface area contributed by atoms with Crippen LogP contribution in [0.2, 0.25) is 0 Å². The molecule has 0 bridgehead atoms. The van der Waals surface area contributed by atoms with Crippen molar-refractivity contribution in [3.05, 3.63) is 29.6 Å². The highest BCUT2D eigenvalue weighted by atomic mass is 15.2. The highest BCUT2D eigenvalue weighted by Gasteiger charge is 2.38. The first-order chi connectivity index (χ1) is 9.65. The highest BCUT2D eigenvalue weighted by Crippen LogP contribution is 2.35. The molecule has 0 amide bonds. The van der Waals surface area contributed by atoms with Gasteiger partial charge in [-0.2, -0.15) is 0 Å². The Morgan fingerprint density at radius 1 is 1.40 bits per heavy atom. The zero-order chi connectivity index (χ0) is 14.1. The smallest absolute Gasteiger partial charge is 0.0573 e. The fourth-order valence-corrected chi connectivity index (χ4v) is 3.38. The fourth-order valence-electron chi connectivity index (χ4n) is 3.38. The van der Waals surface area contributed by atoms with Crippen molar-refractivity contribution >= 4 is 0 Å². The van der Waals surface area contributed by atoms with E-state index in [4.69, 9.17) is 0 Å². The molecule has 0 radical (unpaired) electrons. The van der Waals surface area contributed by atoms with E-state index in [2.05, 4.69) is 42.0 Å². The summed E-state index contributed by atoms with van der Waals surface area (Å²) in [5.41, 5.74) is 2.56. The van der Waals surface area contributed by atoms with Gasteiger partial charge in [0.2, 0.25) is 0 Å². The van der Waals surface area contributed by atoms with Crippen LogP contribution in [0.25, 0.3) is 0 Å². The van der Waals surface area contributed by atoms with Crippen LogP contribution in [0, 0.1) is 18.8 Å². The topological polar surface area (TPSA) is 28.2 Å². The lowest BCUT2D eigenvalue weighted by Gasteiger charge is -2.42. The van der Waals surface area contributed by atoms with Gasteiger partial charge >= 0.3 is 0 Å². The van der Waals surface area contributed by atoms with Gasteiger partial charge in [-0.3, -0.25) is 9.88 Å². The Labute approximate surface area is 122 Å². The monoisotopic (exact) mass is 273 g/mol. The first-order valence-corrected chi connectivity index (χ1v) is 8.03. The number of rotatable bonds is 4. The molecule has 1 saturated heterocycles. The van der Waals surface area contributed by atoms with Crippen molar-refractivity contribution in [2.75, 3.05) is 13.1 Å². The van der Waals surface area contributed by atoms with Gasteiger partial charge < -0.3 is 5.32 Å². The molecule has 3 heteroatoms. The Hall–Kier alpha value is -0.930. The van der Waals surface area contributed by atoms with Crippen LogP contribution < -0.4 is 5.32 Å². The van der Waals surface area contributed by atoms with Crippen LogP contribution in [0.4, 0.5) is 0 Å². The summed E-state index contributed by atoms with van der Waals surface area (Å²) >= 11 is 0. The normalized spacial score (nSPS) is 28.0. The fraction of sp³-hybridized carbons (Fsp3) is 0.706. The lowest BCUT2D eigenvalue weighted by molar-refractivity contribution is 0.0838. The van der Waals surface area contributed by atoms with E-state index in [1.165, 1.54) is 30.6 Å². The Kier molecular flexibility index (Phi) is 4.08. The zero-order valence-electron chi connectivity index (χ0n) is 13.0. The van der Waals surface area contributed by atoms with E-state index in [0.717, 1.165) is 19.0 Å². The molecule has 0 aromatic carbocycles. The van der Waals surface area contributed by atoms with E-state index in [9.17, 15) is 0 Å². The number of hydrogen-bond donors (Lipinski definition) is 1. The number of nitrogens with zero attached hydrogens (tertiary/aromatic N) is 2. The molecule has 1 aliphatic carbocycles. The van der Waals surface area contributed by atoms with Gasteiger partial charge in [-0.15, -0.1) is 0 Å². The van der Waals surface area contributed by atoms with E-state index >= 15 is 0 Å². The summed E-state index contributed by atoms with van der Waals surface area (Å²) in [6, 6.07) is 5.54. The molecule has 110 valence electrons. The lowest BCUT2D eigenvalue weighted by atomic mass is 9.96. The van der Waals surface area contributed by atoms with Gasteiger partial charge in [-0.05, 0) is 43.2 Å². The van der Waals surface area contributed by atoms with Crippen LogP contribution in [-0.2, 0) is 6.54 Å². The summed E-state index contributed by atoms with van der Waals surface area (Å²) < 4.78 is 0. The second-order valence-electron chi connectivity index (χ2n) is 6.86. The summed E-state index contributed by atoms with van der Waals surface area (Å²) in [5.74, 6) is 1.61. The zero-order valence-corrected chi connectivity index (χ0v) is 13.0. The molecular weight excluding hydrogens is 246 g/mol. The Morgan fingerprint density at radius 3 is 2.85 bits per heavy atom. The molecule has 20 heavy (non-hydrogen) atoms. The number of pyridine rings is 1. The molecule has 3 nitrogen and oxygen atoms in total. The molecule has 2 atom stereocenters. The van der Waals surface area contributed by atoms with E-state index < -0.39 is 0 Å². The number of piperazine rings is 1. The molecule has 2 fully saturated rings. The van der Waals surface area contributed by atoms with E-state index in [-0.39, 0.29) is 0 Å². The van der Waals surface area contributed by atoms with E-state index in [1.807, 2.05) is 12.3 Å². The van der Waals surface area contributed by atoms with Gasteiger partial charge in [0.25, 0.3) is 0 Å². The first kappa shape index (κ1) is 14.0. The summed E-state index contributed by atoms with van der Waals surface area (Å²) in [6.45, 7) is 10.2.